The Morgan fingerprint density at radius 1 is 1.39 bits per heavy atom. The van der Waals surface area contributed by atoms with Gasteiger partial charge in [0, 0.05) is 19.0 Å². The molecule has 0 aromatic heterocycles. The van der Waals surface area contributed by atoms with Crippen molar-refractivity contribution in [3.05, 3.63) is 35.4 Å². The molecule has 1 aromatic rings. The van der Waals surface area contributed by atoms with Crippen molar-refractivity contribution >= 4 is 6.09 Å². The molecule has 4 N–H and O–H groups in total. The highest BCUT2D eigenvalue weighted by molar-refractivity contribution is 5.64. The van der Waals surface area contributed by atoms with Crippen LogP contribution in [0.25, 0.3) is 0 Å². The molecule has 100 valence electrons. The van der Waals surface area contributed by atoms with Gasteiger partial charge in [-0.25, -0.2) is 4.79 Å². The number of carbonyl (C=O) groups is 1. The van der Waals surface area contributed by atoms with E-state index in [1.165, 1.54) is 18.2 Å². The SMILES string of the molecule is NCC(CNC(=O)O)c1ccccc1C(F)(F)F. The zero-order valence-corrected chi connectivity index (χ0v) is 9.37. The van der Waals surface area contributed by atoms with Crippen molar-refractivity contribution in [1.29, 1.82) is 0 Å². The van der Waals surface area contributed by atoms with Gasteiger partial charge in [-0.15, -0.1) is 0 Å². The highest BCUT2D eigenvalue weighted by atomic mass is 19.4. The lowest BCUT2D eigenvalue weighted by atomic mass is 9.94. The summed E-state index contributed by atoms with van der Waals surface area (Å²) < 4.78 is 38.3. The summed E-state index contributed by atoms with van der Waals surface area (Å²) in [6.07, 6.45) is -5.77. The third-order valence-electron chi connectivity index (χ3n) is 2.49. The van der Waals surface area contributed by atoms with Crippen LogP contribution in [0, 0.1) is 0 Å². The lowest BCUT2D eigenvalue weighted by molar-refractivity contribution is -0.138. The van der Waals surface area contributed by atoms with E-state index in [4.69, 9.17) is 10.8 Å². The number of halogens is 3. The molecule has 0 aliphatic rings. The molecule has 1 unspecified atom stereocenters. The van der Waals surface area contributed by atoms with Gasteiger partial charge < -0.3 is 16.2 Å². The molecule has 0 radical (unpaired) electrons. The maximum Gasteiger partial charge on any atom is 0.416 e. The number of hydrogen-bond acceptors (Lipinski definition) is 2. The highest BCUT2D eigenvalue weighted by Gasteiger charge is 2.34. The number of carboxylic acid groups (broad SMARTS) is 1. The van der Waals surface area contributed by atoms with Gasteiger partial charge in [0.25, 0.3) is 0 Å². The van der Waals surface area contributed by atoms with E-state index in [0.29, 0.717) is 0 Å². The first-order chi connectivity index (χ1) is 8.36. The standard InChI is InChI=1S/C11H13F3N2O2/c12-11(13,14)9-4-2-1-3-8(9)7(5-15)6-16-10(17)18/h1-4,7,16H,5-6,15H2,(H,17,18). The van der Waals surface area contributed by atoms with Crippen LogP contribution < -0.4 is 11.1 Å². The van der Waals surface area contributed by atoms with E-state index in [0.717, 1.165) is 6.07 Å². The van der Waals surface area contributed by atoms with E-state index >= 15 is 0 Å². The fraction of sp³-hybridized carbons (Fsp3) is 0.364. The maximum atomic E-state index is 12.8. The molecule has 0 bridgehead atoms. The predicted octanol–water partition coefficient (Wildman–Crippen LogP) is 2.02. The zero-order valence-electron chi connectivity index (χ0n) is 9.37. The van der Waals surface area contributed by atoms with Gasteiger partial charge in [-0.3, -0.25) is 0 Å². The predicted molar refractivity (Wildman–Crippen MR) is 59.3 cm³/mol. The van der Waals surface area contributed by atoms with Gasteiger partial charge in [-0.05, 0) is 11.6 Å². The van der Waals surface area contributed by atoms with Crippen LogP contribution in [-0.2, 0) is 6.18 Å². The minimum atomic E-state index is -4.48. The van der Waals surface area contributed by atoms with E-state index < -0.39 is 23.8 Å². The van der Waals surface area contributed by atoms with Gasteiger partial charge in [-0.1, -0.05) is 18.2 Å². The van der Waals surface area contributed by atoms with Gasteiger partial charge in [0.05, 0.1) is 5.56 Å². The second-order valence-corrected chi connectivity index (χ2v) is 3.70. The summed E-state index contributed by atoms with van der Waals surface area (Å²) >= 11 is 0. The molecule has 0 aliphatic carbocycles. The third-order valence-corrected chi connectivity index (χ3v) is 2.49. The first-order valence-corrected chi connectivity index (χ1v) is 5.19. The topological polar surface area (TPSA) is 75.3 Å². The minimum Gasteiger partial charge on any atom is -0.465 e. The van der Waals surface area contributed by atoms with Crippen LogP contribution in [0.5, 0.6) is 0 Å². The summed E-state index contributed by atoms with van der Waals surface area (Å²) in [6.45, 7) is -0.230. The smallest absolute Gasteiger partial charge is 0.416 e. The van der Waals surface area contributed by atoms with Crippen LogP contribution in [0.2, 0.25) is 0 Å². The molecule has 0 saturated heterocycles. The van der Waals surface area contributed by atoms with Gasteiger partial charge in [-0.2, -0.15) is 13.2 Å². The number of rotatable bonds is 4. The molecule has 0 spiro atoms. The normalized spacial score (nSPS) is 13.1. The molecule has 0 aliphatic heterocycles. The number of nitrogens with two attached hydrogens (primary N) is 1. The monoisotopic (exact) mass is 262 g/mol. The van der Waals surface area contributed by atoms with E-state index in [1.54, 1.807) is 0 Å². The molecular weight excluding hydrogens is 249 g/mol. The molecule has 0 saturated carbocycles. The summed E-state index contributed by atoms with van der Waals surface area (Å²) in [7, 11) is 0. The van der Waals surface area contributed by atoms with Crippen molar-refractivity contribution in [1.82, 2.24) is 5.32 Å². The molecule has 0 heterocycles. The van der Waals surface area contributed by atoms with Crippen LogP contribution in [0.15, 0.2) is 24.3 Å². The summed E-state index contributed by atoms with van der Waals surface area (Å²) in [6, 6.07) is 5.02. The molecular formula is C11H13F3N2O2. The zero-order chi connectivity index (χ0) is 13.8. The lowest BCUT2D eigenvalue weighted by Crippen LogP contribution is -2.31. The lowest BCUT2D eigenvalue weighted by Gasteiger charge is -2.20. The molecule has 0 fully saturated rings. The number of amides is 1. The summed E-state index contributed by atoms with van der Waals surface area (Å²) in [4.78, 5) is 10.4. The van der Waals surface area contributed by atoms with Gasteiger partial charge in [0.1, 0.15) is 0 Å². The number of nitrogens with one attached hydrogen (secondary N) is 1. The van der Waals surface area contributed by atoms with Crippen LogP contribution in [0.1, 0.15) is 17.0 Å². The van der Waals surface area contributed by atoms with Crippen LogP contribution in [-0.4, -0.2) is 24.3 Å². The third kappa shape index (κ3) is 3.63. The fourth-order valence-electron chi connectivity index (χ4n) is 1.64. The number of hydrogen-bond donors (Lipinski definition) is 3. The Balaban J connectivity index is 3.02. The maximum absolute atomic E-state index is 12.8. The van der Waals surface area contributed by atoms with E-state index in [9.17, 15) is 18.0 Å². The number of alkyl halides is 3. The molecule has 1 aromatic carbocycles. The Morgan fingerprint density at radius 3 is 2.50 bits per heavy atom. The van der Waals surface area contributed by atoms with Crippen molar-refractivity contribution in [3.63, 3.8) is 0 Å². The van der Waals surface area contributed by atoms with Crippen LogP contribution in [0.3, 0.4) is 0 Å². The first-order valence-electron chi connectivity index (χ1n) is 5.19. The second-order valence-electron chi connectivity index (χ2n) is 3.70. The fourth-order valence-corrected chi connectivity index (χ4v) is 1.64. The van der Waals surface area contributed by atoms with Crippen molar-refractivity contribution in [2.45, 2.75) is 12.1 Å². The molecule has 7 heteroatoms. The van der Waals surface area contributed by atoms with Crippen molar-refractivity contribution in [3.8, 4) is 0 Å². The van der Waals surface area contributed by atoms with Crippen LogP contribution in [0.4, 0.5) is 18.0 Å². The van der Waals surface area contributed by atoms with E-state index in [2.05, 4.69) is 0 Å². The van der Waals surface area contributed by atoms with Crippen molar-refractivity contribution in [2.75, 3.05) is 13.1 Å². The Morgan fingerprint density at radius 2 is 2.00 bits per heavy atom. The minimum absolute atomic E-state index is 0.00116. The molecule has 1 amide bonds. The van der Waals surface area contributed by atoms with Gasteiger partial charge >= 0.3 is 12.3 Å². The average molecular weight is 262 g/mol. The summed E-state index contributed by atoms with van der Waals surface area (Å²) in [5.41, 5.74) is 4.62. The summed E-state index contributed by atoms with van der Waals surface area (Å²) in [5, 5.41) is 10.5. The quantitative estimate of drug-likeness (QED) is 0.777. The molecule has 1 atom stereocenters. The largest absolute Gasteiger partial charge is 0.465 e. The number of benzene rings is 1. The van der Waals surface area contributed by atoms with E-state index in [1.807, 2.05) is 5.32 Å². The Bertz CT molecular complexity index is 421. The molecule has 4 nitrogen and oxygen atoms in total. The molecule has 1 rings (SSSR count). The first kappa shape index (κ1) is 14.3. The Kier molecular flexibility index (Phi) is 4.55. The average Bonchev–Trinajstić information content (AvgIpc) is 2.29. The highest BCUT2D eigenvalue weighted by Crippen LogP contribution is 2.34. The Hall–Kier alpha value is -1.76. The molecule has 18 heavy (non-hydrogen) atoms. The van der Waals surface area contributed by atoms with Crippen molar-refractivity contribution in [2.24, 2.45) is 5.73 Å². The van der Waals surface area contributed by atoms with Gasteiger partial charge in [0.15, 0.2) is 0 Å². The van der Waals surface area contributed by atoms with Gasteiger partial charge in [0.2, 0.25) is 0 Å². The van der Waals surface area contributed by atoms with Crippen molar-refractivity contribution < 1.29 is 23.1 Å². The van der Waals surface area contributed by atoms with E-state index in [-0.39, 0.29) is 18.7 Å². The summed E-state index contributed by atoms with van der Waals surface area (Å²) in [5.74, 6) is -0.709. The Labute approximate surface area is 102 Å². The van der Waals surface area contributed by atoms with Crippen LogP contribution >= 0.6 is 0 Å². The second kappa shape index (κ2) is 5.72.